The summed E-state index contributed by atoms with van der Waals surface area (Å²) in [6, 6.07) is 0. The van der Waals surface area contributed by atoms with E-state index in [2.05, 4.69) is 32.9 Å². The molecule has 1 atom stereocenters. The molecule has 0 N–H and O–H groups in total. The number of halogens is 1. The van der Waals surface area contributed by atoms with Gasteiger partial charge in [0.1, 0.15) is 0 Å². The molecule has 64 valence electrons. The molecule has 0 nitrogen and oxygen atoms in total. The van der Waals surface area contributed by atoms with E-state index in [4.69, 9.17) is 11.6 Å². The van der Waals surface area contributed by atoms with Crippen LogP contribution in [0.5, 0.6) is 0 Å². The lowest BCUT2D eigenvalue weighted by atomic mass is 9.69. The van der Waals surface area contributed by atoms with E-state index in [-0.39, 0.29) is 5.41 Å². The second-order valence-corrected chi connectivity index (χ2v) is 5.00. The third-order valence-corrected chi connectivity index (χ3v) is 2.99. The predicted molar refractivity (Wildman–Crippen MR) is 51.0 cm³/mol. The van der Waals surface area contributed by atoms with Gasteiger partial charge in [-0.15, -0.1) is 11.6 Å². The Hall–Kier alpha value is 0.0300. The van der Waals surface area contributed by atoms with E-state index < -0.39 is 0 Å². The third-order valence-electron chi connectivity index (χ3n) is 2.38. The van der Waals surface area contributed by atoms with E-state index in [9.17, 15) is 0 Å². The monoisotopic (exact) mass is 172 g/mol. The quantitative estimate of drug-likeness (QED) is 0.419. The second-order valence-electron chi connectivity index (χ2n) is 4.74. The van der Waals surface area contributed by atoms with Gasteiger partial charge in [-0.1, -0.05) is 32.9 Å². The van der Waals surface area contributed by atoms with Crippen molar-refractivity contribution in [2.45, 2.75) is 33.6 Å². The molecule has 0 heterocycles. The summed E-state index contributed by atoms with van der Waals surface area (Å²) in [6.45, 7) is 6.85. The van der Waals surface area contributed by atoms with Crippen molar-refractivity contribution in [1.29, 1.82) is 0 Å². The maximum atomic E-state index is 5.90. The fourth-order valence-corrected chi connectivity index (χ4v) is 2.16. The number of hydrogen-bond donors (Lipinski definition) is 0. The zero-order chi connectivity index (χ0) is 8.54. The summed E-state index contributed by atoms with van der Waals surface area (Å²) in [5.74, 6) is 0.743. The molecule has 1 aliphatic carbocycles. The van der Waals surface area contributed by atoms with E-state index in [1.165, 1.54) is 12.8 Å². The highest BCUT2D eigenvalue weighted by atomic mass is 35.5. The van der Waals surface area contributed by atoms with Gasteiger partial charge in [0.25, 0.3) is 0 Å². The van der Waals surface area contributed by atoms with E-state index >= 15 is 0 Å². The van der Waals surface area contributed by atoms with Crippen molar-refractivity contribution >= 4 is 11.6 Å². The van der Waals surface area contributed by atoms with Gasteiger partial charge in [0.2, 0.25) is 0 Å². The number of rotatable bonds is 1. The molecule has 0 saturated carbocycles. The topological polar surface area (TPSA) is 0 Å². The molecule has 0 aromatic rings. The largest absolute Gasteiger partial charge is 0.126 e. The van der Waals surface area contributed by atoms with Gasteiger partial charge in [0.15, 0.2) is 0 Å². The average molecular weight is 173 g/mol. The molecule has 1 rings (SSSR count). The molecule has 0 amide bonds. The average Bonchev–Trinajstić information content (AvgIpc) is 1.85. The SMILES string of the molecule is CC1(C)CC=CC(C)(CCl)C1. The van der Waals surface area contributed by atoms with Crippen LogP contribution in [0.25, 0.3) is 0 Å². The molecule has 0 spiro atoms. The third kappa shape index (κ3) is 2.23. The van der Waals surface area contributed by atoms with Crippen LogP contribution in [0.3, 0.4) is 0 Å². The van der Waals surface area contributed by atoms with Crippen LogP contribution < -0.4 is 0 Å². The molecular weight excluding hydrogens is 156 g/mol. The van der Waals surface area contributed by atoms with Gasteiger partial charge >= 0.3 is 0 Å². The van der Waals surface area contributed by atoms with Crippen LogP contribution in [-0.2, 0) is 0 Å². The molecule has 11 heavy (non-hydrogen) atoms. The molecule has 0 saturated heterocycles. The van der Waals surface area contributed by atoms with E-state index in [0.717, 1.165) is 5.88 Å². The maximum absolute atomic E-state index is 5.90. The van der Waals surface area contributed by atoms with Crippen molar-refractivity contribution in [3.05, 3.63) is 12.2 Å². The van der Waals surface area contributed by atoms with E-state index in [1.807, 2.05) is 0 Å². The Kier molecular flexibility index (Phi) is 2.34. The first-order valence-corrected chi connectivity index (χ1v) is 4.75. The van der Waals surface area contributed by atoms with Crippen molar-refractivity contribution < 1.29 is 0 Å². The summed E-state index contributed by atoms with van der Waals surface area (Å²) < 4.78 is 0. The van der Waals surface area contributed by atoms with Crippen molar-refractivity contribution in [2.24, 2.45) is 10.8 Å². The Bertz CT molecular complexity index is 170. The smallest absolute Gasteiger partial charge is 0.0312 e. The van der Waals surface area contributed by atoms with Crippen LogP contribution in [0.15, 0.2) is 12.2 Å². The lowest BCUT2D eigenvalue weighted by Gasteiger charge is -2.37. The van der Waals surface area contributed by atoms with Crippen LogP contribution in [-0.4, -0.2) is 5.88 Å². The highest BCUT2D eigenvalue weighted by Crippen LogP contribution is 2.42. The van der Waals surface area contributed by atoms with Crippen molar-refractivity contribution in [3.63, 3.8) is 0 Å². The van der Waals surface area contributed by atoms with Crippen LogP contribution in [0.1, 0.15) is 33.6 Å². The zero-order valence-corrected chi connectivity index (χ0v) is 8.41. The summed E-state index contributed by atoms with van der Waals surface area (Å²) in [7, 11) is 0. The lowest BCUT2D eigenvalue weighted by Crippen LogP contribution is -2.28. The Morgan fingerprint density at radius 2 is 2.00 bits per heavy atom. The van der Waals surface area contributed by atoms with Gasteiger partial charge in [-0.3, -0.25) is 0 Å². The zero-order valence-electron chi connectivity index (χ0n) is 7.65. The molecule has 0 fully saturated rings. The summed E-state index contributed by atoms with van der Waals surface area (Å²) in [5.41, 5.74) is 0.682. The Morgan fingerprint density at radius 1 is 1.36 bits per heavy atom. The van der Waals surface area contributed by atoms with Crippen LogP contribution in [0.2, 0.25) is 0 Å². The van der Waals surface area contributed by atoms with Crippen LogP contribution in [0.4, 0.5) is 0 Å². The summed E-state index contributed by atoms with van der Waals surface area (Å²) >= 11 is 5.90. The Balaban J connectivity index is 2.74. The standard InChI is InChI=1S/C10H17Cl/c1-9(2)5-4-6-10(3,7-9)8-11/h4,6H,5,7-8H2,1-3H3. The number of hydrogen-bond acceptors (Lipinski definition) is 0. The second kappa shape index (κ2) is 2.82. The molecule has 0 aromatic carbocycles. The number of alkyl halides is 1. The molecule has 0 bridgehead atoms. The van der Waals surface area contributed by atoms with Crippen molar-refractivity contribution in [3.8, 4) is 0 Å². The first-order valence-electron chi connectivity index (χ1n) is 4.21. The fourth-order valence-electron chi connectivity index (χ4n) is 1.98. The minimum Gasteiger partial charge on any atom is -0.126 e. The molecule has 1 aliphatic rings. The molecular formula is C10H17Cl. The minimum atomic E-state index is 0.239. The van der Waals surface area contributed by atoms with Gasteiger partial charge in [0.05, 0.1) is 0 Å². The van der Waals surface area contributed by atoms with Gasteiger partial charge < -0.3 is 0 Å². The number of allylic oxidation sites excluding steroid dienone is 2. The Labute approximate surface area is 74.6 Å². The first kappa shape index (κ1) is 9.12. The summed E-state index contributed by atoms with van der Waals surface area (Å²) in [6.07, 6.45) is 6.94. The molecule has 1 unspecified atom stereocenters. The van der Waals surface area contributed by atoms with E-state index in [1.54, 1.807) is 0 Å². The predicted octanol–water partition coefficient (Wildman–Crippen LogP) is 3.61. The molecule has 0 aromatic heterocycles. The molecule has 1 heteroatoms. The lowest BCUT2D eigenvalue weighted by molar-refractivity contribution is 0.225. The normalized spacial score (nSPS) is 35.6. The maximum Gasteiger partial charge on any atom is 0.0312 e. The first-order chi connectivity index (χ1) is 4.97. The van der Waals surface area contributed by atoms with Gasteiger partial charge in [-0.05, 0) is 23.7 Å². The van der Waals surface area contributed by atoms with Crippen molar-refractivity contribution in [2.75, 3.05) is 5.88 Å². The highest BCUT2D eigenvalue weighted by Gasteiger charge is 2.32. The summed E-state index contributed by atoms with van der Waals surface area (Å²) in [4.78, 5) is 0. The Morgan fingerprint density at radius 3 is 2.36 bits per heavy atom. The highest BCUT2D eigenvalue weighted by molar-refractivity contribution is 6.18. The fraction of sp³-hybridized carbons (Fsp3) is 0.800. The van der Waals surface area contributed by atoms with E-state index in [0.29, 0.717) is 5.41 Å². The van der Waals surface area contributed by atoms with Gasteiger partial charge in [0, 0.05) is 5.88 Å². The van der Waals surface area contributed by atoms with Crippen LogP contribution >= 0.6 is 11.6 Å². The molecule has 0 aliphatic heterocycles. The van der Waals surface area contributed by atoms with Gasteiger partial charge in [-0.25, -0.2) is 0 Å². The van der Waals surface area contributed by atoms with Crippen LogP contribution in [0, 0.1) is 10.8 Å². The minimum absolute atomic E-state index is 0.239. The van der Waals surface area contributed by atoms with Crippen molar-refractivity contribution in [1.82, 2.24) is 0 Å². The summed E-state index contributed by atoms with van der Waals surface area (Å²) in [5, 5.41) is 0. The molecule has 0 radical (unpaired) electrons. The van der Waals surface area contributed by atoms with Gasteiger partial charge in [-0.2, -0.15) is 0 Å².